The number of carbonyl (C=O) groups excluding carboxylic acids is 1. The van der Waals surface area contributed by atoms with Gasteiger partial charge in [0.1, 0.15) is 0 Å². The molecule has 1 atom stereocenters. The molecule has 0 saturated heterocycles. The van der Waals surface area contributed by atoms with Crippen molar-refractivity contribution in [3.05, 3.63) is 76.8 Å². The van der Waals surface area contributed by atoms with Gasteiger partial charge in [-0.05, 0) is 31.0 Å². The number of aryl methyl sites for hydroxylation is 1. The van der Waals surface area contributed by atoms with Gasteiger partial charge in [-0.2, -0.15) is 0 Å². The summed E-state index contributed by atoms with van der Waals surface area (Å²) >= 11 is 0. The summed E-state index contributed by atoms with van der Waals surface area (Å²) in [5.74, 6) is 0.0493. The Morgan fingerprint density at radius 1 is 1.11 bits per heavy atom. The Morgan fingerprint density at radius 2 is 1.81 bits per heavy atom. The van der Waals surface area contributed by atoms with E-state index in [1.165, 1.54) is 10.9 Å². The number of para-hydroxylation sites is 1. The van der Waals surface area contributed by atoms with Gasteiger partial charge in [0, 0.05) is 25.6 Å². The third-order valence-corrected chi connectivity index (χ3v) is 4.94. The van der Waals surface area contributed by atoms with E-state index in [0.29, 0.717) is 24.0 Å². The highest BCUT2D eigenvalue weighted by molar-refractivity contribution is 5.77. The van der Waals surface area contributed by atoms with Crippen molar-refractivity contribution in [3.63, 3.8) is 0 Å². The fourth-order valence-corrected chi connectivity index (χ4v) is 3.12. The second-order valence-corrected chi connectivity index (χ2v) is 6.77. The molecule has 0 aliphatic rings. The Balaban J connectivity index is 1.74. The Morgan fingerprint density at radius 3 is 2.56 bits per heavy atom. The van der Waals surface area contributed by atoms with Crippen LogP contribution in [0.3, 0.4) is 0 Å². The van der Waals surface area contributed by atoms with Gasteiger partial charge in [-0.3, -0.25) is 14.2 Å². The van der Waals surface area contributed by atoms with Crippen LogP contribution in [0.1, 0.15) is 32.3 Å². The summed E-state index contributed by atoms with van der Waals surface area (Å²) in [6.45, 7) is 5.05. The minimum Gasteiger partial charge on any atom is -0.336 e. The molecule has 5 nitrogen and oxygen atoms in total. The summed E-state index contributed by atoms with van der Waals surface area (Å²) in [4.78, 5) is 31.7. The van der Waals surface area contributed by atoms with E-state index in [2.05, 4.69) is 18.8 Å². The van der Waals surface area contributed by atoms with Gasteiger partial charge in [-0.15, -0.1) is 0 Å². The number of aromatic nitrogens is 2. The lowest BCUT2D eigenvalue weighted by Gasteiger charge is -2.29. The molecule has 0 N–H and O–H groups in total. The normalized spacial score (nSPS) is 12.1. The average Bonchev–Trinajstić information content (AvgIpc) is 2.71. The van der Waals surface area contributed by atoms with Gasteiger partial charge in [0.25, 0.3) is 5.56 Å². The SMILES string of the molecule is CC[C@H](C)N(Cc1ccccc1)C(=O)CCn1cnc2ccccc2c1=O. The molecule has 3 aromatic rings. The van der Waals surface area contributed by atoms with Crippen LogP contribution in [0.15, 0.2) is 65.7 Å². The average molecular weight is 363 g/mol. The molecule has 5 heteroatoms. The Bertz CT molecular complexity index is 966. The first-order chi connectivity index (χ1) is 13.1. The molecule has 1 aromatic heterocycles. The van der Waals surface area contributed by atoms with Gasteiger partial charge in [0.15, 0.2) is 0 Å². The molecule has 27 heavy (non-hydrogen) atoms. The van der Waals surface area contributed by atoms with E-state index in [0.717, 1.165) is 12.0 Å². The lowest BCUT2D eigenvalue weighted by molar-refractivity contribution is -0.134. The van der Waals surface area contributed by atoms with Crippen LogP contribution >= 0.6 is 0 Å². The number of amides is 1. The second-order valence-electron chi connectivity index (χ2n) is 6.77. The first kappa shape index (κ1) is 18.8. The quantitative estimate of drug-likeness (QED) is 0.644. The molecule has 0 bridgehead atoms. The number of carbonyl (C=O) groups is 1. The zero-order chi connectivity index (χ0) is 19.2. The fourth-order valence-electron chi connectivity index (χ4n) is 3.12. The first-order valence-electron chi connectivity index (χ1n) is 9.37. The fraction of sp³-hybridized carbons (Fsp3) is 0.318. The van der Waals surface area contributed by atoms with E-state index in [1.54, 1.807) is 6.07 Å². The summed E-state index contributed by atoms with van der Waals surface area (Å²) in [5.41, 5.74) is 1.68. The van der Waals surface area contributed by atoms with Crippen LogP contribution in [0, 0.1) is 0 Å². The maximum absolute atomic E-state index is 12.9. The van der Waals surface area contributed by atoms with E-state index in [-0.39, 0.29) is 23.9 Å². The molecule has 2 aromatic carbocycles. The molecular weight excluding hydrogens is 338 g/mol. The van der Waals surface area contributed by atoms with Crippen LogP contribution in [-0.2, 0) is 17.9 Å². The molecule has 0 saturated carbocycles. The maximum Gasteiger partial charge on any atom is 0.261 e. The number of hydrogen-bond acceptors (Lipinski definition) is 3. The van der Waals surface area contributed by atoms with Crippen molar-refractivity contribution >= 4 is 16.8 Å². The Labute approximate surface area is 159 Å². The van der Waals surface area contributed by atoms with E-state index in [1.807, 2.05) is 53.4 Å². The lowest BCUT2D eigenvalue weighted by Crippen LogP contribution is -2.38. The van der Waals surface area contributed by atoms with Gasteiger partial charge in [0.2, 0.25) is 5.91 Å². The molecule has 140 valence electrons. The smallest absolute Gasteiger partial charge is 0.261 e. The number of hydrogen-bond donors (Lipinski definition) is 0. The topological polar surface area (TPSA) is 55.2 Å². The minimum absolute atomic E-state index is 0.0493. The molecule has 1 amide bonds. The largest absolute Gasteiger partial charge is 0.336 e. The third-order valence-electron chi connectivity index (χ3n) is 4.94. The van der Waals surface area contributed by atoms with Gasteiger partial charge in [0.05, 0.1) is 17.2 Å². The predicted molar refractivity (Wildman–Crippen MR) is 107 cm³/mol. The molecule has 3 rings (SSSR count). The number of rotatable bonds is 7. The van der Waals surface area contributed by atoms with Crippen LogP contribution in [0.5, 0.6) is 0 Å². The minimum atomic E-state index is -0.105. The highest BCUT2D eigenvalue weighted by Crippen LogP contribution is 2.13. The molecule has 1 heterocycles. The van der Waals surface area contributed by atoms with Crippen LogP contribution in [0.25, 0.3) is 10.9 Å². The van der Waals surface area contributed by atoms with Crippen LogP contribution in [-0.4, -0.2) is 26.4 Å². The van der Waals surface area contributed by atoms with Crippen molar-refractivity contribution in [1.82, 2.24) is 14.5 Å². The third kappa shape index (κ3) is 4.42. The highest BCUT2D eigenvalue weighted by Gasteiger charge is 2.19. The van der Waals surface area contributed by atoms with Crippen LogP contribution in [0.2, 0.25) is 0 Å². The Hall–Kier alpha value is -2.95. The summed E-state index contributed by atoms with van der Waals surface area (Å²) in [5, 5.41) is 0.579. The summed E-state index contributed by atoms with van der Waals surface area (Å²) in [7, 11) is 0. The number of fused-ring (bicyclic) bond motifs is 1. The zero-order valence-electron chi connectivity index (χ0n) is 15.8. The number of nitrogens with zero attached hydrogens (tertiary/aromatic N) is 3. The van der Waals surface area contributed by atoms with Gasteiger partial charge >= 0.3 is 0 Å². The second kappa shape index (κ2) is 8.62. The Kier molecular flexibility index (Phi) is 6.01. The molecule has 0 spiro atoms. The van der Waals surface area contributed by atoms with E-state index >= 15 is 0 Å². The van der Waals surface area contributed by atoms with Gasteiger partial charge in [-0.1, -0.05) is 49.4 Å². The molecule has 0 radical (unpaired) electrons. The molecular formula is C22H25N3O2. The van der Waals surface area contributed by atoms with E-state index < -0.39 is 0 Å². The van der Waals surface area contributed by atoms with Crippen LogP contribution in [0.4, 0.5) is 0 Å². The van der Waals surface area contributed by atoms with E-state index in [4.69, 9.17) is 0 Å². The zero-order valence-corrected chi connectivity index (χ0v) is 15.8. The van der Waals surface area contributed by atoms with Gasteiger partial charge in [-0.25, -0.2) is 4.98 Å². The predicted octanol–water partition coefficient (Wildman–Crippen LogP) is 3.61. The van der Waals surface area contributed by atoms with Crippen molar-refractivity contribution in [3.8, 4) is 0 Å². The van der Waals surface area contributed by atoms with Crippen molar-refractivity contribution < 1.29 is 4.79 Å². The van der Waals surface area contributed by atoms with Crippen LogP contribution < -0.4 is 5.56 Å². The summed E-state index contributed by atoms with van der Waals surface area (Å²) in [6.07, 6.45) is 2.69. The van der Waals surface area contributed by atoms with Crippen molar-refractivity contribution in [2.45, 2.75) is 45.8 Å². The summed E-state index contributed by atoms with van der Waals surface area (Å²) in [6, 6.07) is 17.4. The van der Waals surface area contributed by atoms with Crippen molar-refractivity contribution in [2.24, 2.45) is 0 Å². The lowest BCUT2D eigenvalue weighted by atomic mass is 10.1. The molecule has 0 aliphatic heterocycles. The standard InChI is InChI=1S/C22H25N3O2/c1-3-17(2)25(15-18-9-5-4-6-10-18)21(26)13-14-24-16-23-20-12-8-7-11-19(20)22(24)27/h4-12,16-17H,3,13-15H2,1-2H3/t17-/m0/s1. The molecule has 0 aliphatic carbocycles. The van der Waals surface area contributed by atoms with E-state index in [9.17, 15) is 9.59 Å². The number of benzene rings is 2. The first-order valence-corrected chi connectivity index (χ1v) is 9.37. The van der Waals surface area contributed by atoms with Crippen molar-refractivity contribution in [1.29, 1.82) is 0 Å². The highest BCUT2D eigenvalue weighted by atomic mass is 16.2. The van der Waals surface area contributed by atoms with Gasteiger partial charge < -0.3 is 4.90 Å². The molecule has 0 fully saturated rings. The maximum atomic E-state index is 12.9. The van der Waals surface area contributed by atoms with Crippen molar-refractivity contribution in [2.75, 3.05) is 0 Å². The monoisotopic (exact) mass is 363 g/mol. The summed E-state index contributed by atoms with van der Waals surface area (Å²) < 4.78 is 1.53. The molecule has 0 unspecified atom stereocenters.